The van der Waals surface area contributed by atoms with Gasteiger partial charge in [0.05, 0.1) is 12.0 Å². The average Bonchev–Trinajstić information content (AvgIpc) is 3.11. The molecule has 3 aromatic rings. The van der Waals surface area contributed by atoms with E-state index in [1.807, 2.05) is 30.6 Å². The van der Waals surface area contributed by atoms with Gasteiger partial charge in [-0.15, -0.1) is 0 Å². The highest BCUT2D eigenvalue weighted by atomic mass is 35.5. The Kier molecular flexibility index (Phi) is 4.04. The van der Waals surface area contributed by atoms with Crippen LogP contribution in [0.4, 0.5) is 0 Å². The molecular formula is C18H17ClN4O. The third-order valence-corrected chi connectivity index (χ3v) is 4.54. The number of fused-ring (bicyclic) bond motifs is 1. The van der Waals surface area contributed by atoms with Crippen molar-refractivity contribution in [3.63, 3.8) is 0 Å². The van der Waals surface area contributed by atoms with Crippen LogP contribution in [0.3, 0.4) is 0 Å². The molecular weight excluding hydrogens is 324 g/mol. The molecule has 0 saturated carbocycles. The molecule has 0 fully saturated rings. The summed E-state index contributed by atoms with van der Waals surface area (Å²) in [6.07, 6.45) is 6.33. The lowest BCUT2D eigenvalue weighted by Crippen LogP contribution is -2.31. The number of halogens is 1. The first-order valence-electron chi connectivity index (χ1n) is 7.91. The van der Waals surface area contributed by atoms with E-state index in [1.54, 1.807) is 6.26 Å². The average molecular weight is 341 g/mol. The van der Waals surface area contributed by atoms with E-state index in [0.717, 1.165) is 31.7 Å². The van der Waals surface area contributed by atoms with Crippen molar-refractivity contribution in [2.75, 3.05) is 6.54 Å². The van der Waals surface area contributed by atoms with Crippen LogP contribution in [0, 0.1) is 6.92 Å². The predicted octanol–water partition coefficient (Wildman–Crippen LogP) is 3.65. The molecule has 5 nitrogen and oxygen atoms in total. The van der Waals surface area contributed by atoms with E-state index in [2.05, 4.69) is 26.8 Å². The zero-order valence-electron chi connectivity index (χ0n) is 13.4. The van der Waals surface area contributed by atoms with E-state index in [4.69, 9.17) is 16.0 Å². The number of pyridine rings is 1. The minimum Gasteiger partial charge on any atom is -0.461 e. The Hall–Kier alpha value is -2.24. The monoisotopic (exact) mass is 340 g/mol. The second-order valence-corrected chi connectivity index (χ2v) is 6.42. The second kappa shape index (κ2) is 6.34. The number of hydrogen-bond donors (Lipinski definition) is 0. The largest absolute Gasteiger partial charge is 0.461 e. The quantitative estimate of drug-likeness (QED) is 0.681. The maximum absolute atomic E-state index is 5.93. The van der Waals surface area contributed by atoms with Gasteiger partial charge in [0.1, 0.15) is 5.15 Å². The standard InChI is InChI=1S/C18H17ClN4O/c1-12-7-17(19)20-8-13(12)10-23-5-4-15-14(11-23)9-21-18(22-15)16-3-2-6-24-16/h2-3,6-9H,4-5,10-11H2,1H3. The fourth-order valence-electron chi connectivity index (χ4n) is 2.99. The number of nitrogens with zero attached hydrogens (tertiary/aromatic N) is 4. The van der Waals surface area contributed by atoms with Gasteiger partial charge >= 0.3 is 0 Å². The number of aryl methyl sites for hydroxylation is 1. The van der Waals surface area contributed by atoms with Crippen LogP contribution in [0.15, 0.2) is 41.3 Å². The van der Waals surface area contributed by atoms with Gasteiger partial charge in [-0.3, -0.25) is 4.90 Å². The van der Waals surface area contributed by atoms with E-state index >= 15 is 0 Å². The van der Waals surface area contributed by atoms with Gasteiger partial charge in [-0.25, -0.2) is 15.0 Å². The summed E-state index contributed by atoms with van der Waals surface area (Å²) < 4.78 is 5.38. The molecule has 0 spiro atoms. The summed E-state index contributed by atoms with van der Waals surface area (Å²) in [7, 11) is 0. The van der Waals surface area contributed by atoms with Crippen molar-refractivity contribution in [1.29, 1.82) is 0 Å². The minimum atomic E-state index is 0.541. The fraction of sp³-hybridized carbons (Fsp3) is 0.278. The third-order valence-electron chi connectivity index (χ3n) is 4.33. The summed E-state index contributed by atoms with van der Waals surface area (Å²) in [6.45, 7) is 4.73. The molecule has 0 radical (unpaired) electrons. The van der Waals surface area contributed by atoms with Gasteiger partial charge in [0.15, 0.2) is 11.6 Å². The molecule has 0 saturated heterocycles. The molecule has 0 amide bonds. The van der Waals surface area contributed by atoms with E-state index < -0.39 is 0 Å². The highest BCUT2D eigenvalue weighted by molar-refractivity contribution is 6.29. The number of aromatic nitrogens is 3. The first-order valence-corrected chi connectivity index (χ1v) is 8.29. The molecule has 1 aliphatic heterocycles. The van der Waals surface area contributed by atoms with Crippen LogP contribution in [0.25, 0.3) is 11.6 Å². The molecule has 0 N–H and O–H groups in total. The van der Waals surface area contributed by atoms with Crippen molar-refractivity contribution in [2.24, 2.45) is 0 Å². The Bertz CT molecular complexity index is 863. The second-order valence-electron chi connectivity index (χ2n) is 6.04. The Morgan fingerprint density at radius 1 is 1.29 bits per heavy atom. The molecule has 0 aromatic carbocycles. The van der Waals surface area contributed by atoms with E-state index in [-0.39, 0.29) is 0 Å². The van der Waals surface area contributed by atoms with Gasteiger partial charge in [-0.1, -0.05) is 11.6 Å². The Labute approximate surface area is 145 Å². The highest BCUT2D eigenvalue weighted by Crippen LogP contribution is 2.23. The number of rotatable bonds is 3. The molecule has 6 heteroatoms. The fourth-order valence-corrected chi connectivity index (χ4v) is 3.20. The molecule has 0 aliphatic carbocycles. The van der Waals surface area contributed by atoms with Gasteiger partial charge < -0.3 is 4.42 Å². The number of hydrogen-bond acceptors (Lipinski definition) is 5. The van der Waals surface area contributed by atoms with E-state index in [1.165, 1.54) is 16.7 Å². The van der Waals surface area contributed by atoms with Crippen molar-refractivity contribution < 1.29 is 4.42 Å². The van der Waals surface area contributed by atoms with Crippen LogP contribution in [-0.2, 0) is 19.5 Å². The normalized spacial score (nSPS) is 14.6. The highest BCUT2D eigenvalue weighted by Gasteiger charge is 2.20. The lowest BCUT2D eigenvalue weighted by molar-refractivity contribution is 0.242. The van der Waals surface area contributed by atoms with E-state index in [9.17, 15) is 0 Å². The van der Waals surface area contributed by atoms with Crippen LogP contribution in [0.5, 0.6) is 0 Å². The summed E-state index contributed by atoms with van der Waals surface area (Å²) >= 11 is 5.93. The Balaban J connectivity index is 1.52. The Morgan fingerprint density at radius 2 is 2.21 bits per heavy atom. The smallest absolute Gasteiger partial charge is 0.195 e. The lowest BCUT2D eigenvalue weighted by atomic mass is 10.1. The van der Waals surface area contributed by atoms with E-state index in [0.29, 0.717) is 16.7 Å². The molecule has 0 unspecified atom stereocenters. The van der Waals surface area contributed by atoms with Crippen molar-refractivity contribution in [1.82, 2.24) is 19.9 Å². The van der Waals surface area contributed by atoms with Crippen molar-refractivity contribution >= 4 is 11.6 Å². The molecule has 4 rings (SSSR count). The molecule has 24 heavy (non-hydrogen) atoms. The van der Waals surface area contributed by atoms with Crippen LogP contribution in [-0.4, -0.2) is 26.4 Å². The van der Waals surface area contributed by atoms with Gasteiger partial charge in [0.25, 0.3) is 0 Å². The third kappa shape index (κ3) is 3.05. The zero-order valence-corrected chi connectivity index (χ0v) is 14.1. The van der Waals surface area contributed by atoms with Gasteiger partial charge in [0, 0.05) is 44.0 Å². The van der Waals surface area contributed by atoms with Crippen molar-refractivity contribution in [3.8, 4) is 11.6 Å². The van der Waals surface area contributed by atoms with Crippen molar-refractivity contribution in [3.05, 3.63) is 64.4 Å². The minimum absolute atomic E-state index is 0.541. The van der Waals surface area contributed by atoms with Crippen LogP contribution in [0.1, 0.15) is 22.4 Å². The van der Waals surface area contributed by atoms with Gasteiger partial charge in [-0.2, -0.15) is 0 Å². The molecule has 3 aromatic heterocycles. The van der Waals surface area contributed by atoms with Gasteiger partial charge in [-0.05, 0) is 36.2 Å². The summed E-state index contributed by atoms with van der Waals surface area (Å²) in [5.74, 6) is 1.37. The predicted molar refractivity (Wildman–Crippen MR) is 91.5 cm³/mol. The topological polar surface area (TPSA) is 55.1 Å². The van der Waals surface area contributed by atoms with Crippen molar-refractivity contribution in [2.45, 2.75) is 26.4 Å². The summed E-state index contributed by atoms with van der Waals surface area (Å²) in [5.41, 5.74) is 4.66. The molecule has 122 valence electrons. The first kappa shape index (κ1) is 15.3. The lowest BCUT2D eigenvalue weighted by Gasteiger charge is -2.28. The first-order chi connectivity index (χ1) is 11.7. The maximum atomic E-state index is 5.93. The summed E-state index contributed by atoms with van der Waals surface area (Å²) in [6, 6.07) is 5.64. The SMILES string of the molecule is Cc1cc(Cl)ncc1CN1CCc2nc(-c3ccco3)ncc2C1. The maximum Gasteiger partial charge on any atom is 0.195 e. The summed E-state index contributed by atoms with van der Waals surface area (Å²) in [5, 5.41) is 0.541. The van der Waals surface area contributed by atoms with Crippen LogP contribution >= 0.6 is 11.6 Å². The van der Waals surface area contributed by atoms with Crippen LogP contribution < -0.4 is 0 Å². The van der Waals surface area contributed by atoms with Gasteiger partial charge in [0.2, 0.25) is 0 Å². The summed E-state index contributed by atoms with van der Waals surface area (Å²) in [4.78, 5) is 15.7. The molecule has 4 heterocycles. The molecule has 0 bridgehead atoms. The van der Waals surface area contributed by atoms with Crippen LogP contribution in [0.2, 0.25) is 5.15 Å². The Morgan fingerprint density at radius 3 is 3.00 bits per heavy atom. The molecule has 1 aliphatic rings. The number of furan rings is 1. The zero-order chi connectivity index (χ0) is 16.5. The molecule has 0 atom stereocenters.